The van der Waals surface area contributed by atoms with Crippen molar-refractivity contribution in [3.8, 4) is 0 Å². The molecule has 1 aliphatic rings. The van der Waals surface area contributed by atoms with Crippen LogP contribution in [0.1, 0.15) is 0 Å². The Labute approximate surface area is 53.0 Å². The first-order valence-corrected chi connectivity index (χ1v) is 2.90. The van der Waals surface area contributed by atoms with Gasteiger partial charge in [-0.05, 0) is 0 Å². The summed E-state index contributed by atoms with van der Waals surface area (Å²) in [4.78, 5) is 10.6. The Kier molecular flexibility index (Phi) is 1.68. The molecule has 0 radical (unpaired) electrons. The van der Waals surface area contributed by atoms with Gasteiger partial charge in [0.05, 0.1) is 6.04 Å². The molecule has 0 saturated carbocycles. The molecular weight excluding hydrogens is 120 g/mol. The van der Waals surface area contributed by atoms with Gasteiger partial charge in [0.1, 0.15) is 0 Å². The zero-order chi connectivity index (χ0) is 6.85. The van der Waals surface area contributed by atoms with Crippen molar-refractivity contribution in [1.82, 2.24) is 5.32 Å². The summed E-state index contributed by atoms with van der Waals surface area (Å²) in [5.74, 6) is -0.244. The molecule has 1 rings (SSSR count). The number of nitrogens with one attached hydrogen (secondary N) is 1. The fourth-order valence-corrected chi connectivity index (χ4v) is 0.869. The van der Waals surface area contributed by atoms with Gasteiger partial charge in [-0.2, -0.15) is 0 Å². The number of amides is 1. The van der Waals surface area contributed by atoms with Crippen LogP contribution in [0.2, 0.25) is 0 Å². The largest absolute Gasteiger partial charge is 0.396 e. The van der Waals surface area contributed by atoms with Crippen LogP contribution in [0.5, 0.6) is 0 Å². The van der Waals surface area contributed by atoms with E-state index in [9.17, 15) is 4.79 Å². The molecule has 0 aromatic heterocycles. The molecule has 0 aromatic carbocycles. The van der Waals surface area contributed by atoms with Crippen LogP contribution in [0.25, 0.3) is 0 Å². The van der Waals surface area contributed by atoms with Crippen molar-refractivity contribution >= 4 is 5.91 Å². The summed E-state index contributed by atoms with van der Waals surface area (Å²) in [7, 11) is 0. The fourth-order valence-electron chi connectivity index (χ4n) is 0.869. The average molecular weight is 130 g/mol. The van der Waals surface area contributed by atoms with E-state index in [4.69, 9.17) is 10.8 Å². The topological polar surface area (TPSA) is 75.4 Å². The molecule has 2 atom stereocenters. The number of rotatable bonds is 1. The minimum absolute atomic E-state index is 0.0140. The molecule has 0 spiro atoms. The Balaban J connectivity index is 2.51. The standard InChI is InChI=1S/C5H10N2O2/c6-4-3(2-8)1-7-5(4)9/h3-4,8H,1-2,6H2,(H,7,9)/t3-,4-/m0/s1. The highest BCUT2D eigenvalue weighted by Crippen LogP contribution is 2.05. The molecule has 9 heavy (non-hydrogen) atoms. The number of aliphatic hydroxyl groups excluding tert-OH is 1. The highest BCUT2D eigenvalue weighted by molar-refractivity contribution is 5.84. The van der Waals surface area contributed by atoms with Crippen molar-refractivity contribution in [2.24, 2.45) is 11.7 Å². The van der Waals surface area contributed by atoms with Gasteiger partial charge < -0.3 is 16.2 Å². The van der Waals surface area contributed by atoms with Crippen molar-refractivity contribution in [1.29, 1.82) is 0 Å². The molecule has 4 N–H and O–H groups in total. The number of hydrogen-bond donors (Lipinski definition) is 3. The summed E-state index contributed by atoms with van der Waals surface area (Å²) >= 11 is 0. The summed E-state index contributed by atoms with van der Waals surface area (Å²) in [6.45, 7) is 0.496. The summed E-state index contributed by atoms with van der Waals surface area (Å²) in [6, 6.07) is -0.505. The smallest absolute Gasteiger partial charge is 0.237 e. The van der Waals surface area contributed by atoms with E-state index in [-0.39, 0.29) is 18.4 Å². The van der Waals surface area contributed by atoms with Crippen LogP contribution in [0.3, 0.4) is 0 Å². The van der Waals surface area contributed by atoms with Crippen LogP contribution >= 0.6 is 0 Å². The van der Waals surface area contributed by atoms with Gasteiger partial charge in [-0.15, -0.1) is 0 Å². The van der Waals surface area contributed by atoms with Gasteiger partial charge in [-0.1, -0.05) is 0 Å². The number of aliphatic hydroxyl groups is 1. The third-order valence-corrected chi connectivity index (χ3v) is 1.58. The predicted molar refractivity (Wildman–Crippen MR) is 31.6 cm³/mol. The maximum absolute atomic E-state index is 10.6. The van der Waals surface area contributed by atoms with E-state index in [1.165, 1.54) is 0 Å². The van der Waals surface area contributed by atoms with Gasteiger partial charge in [0, 0.05) is 19.1 Å². The second-order valence-corrected chi connectivity index (χ2v) is 2.21. The first-order chi connectivity index (χ1) is 4.25. The van der Waals surface area contributed by atoms with Crippen molar-refractivity contribution < 1.29 is 9.90 Å². The van der Waals surface area contributed by atoms with Gasteiger partial charge in [-0.3, -0.25) is 4.79 Å². The first-order valence-electron chi connectivity index (χ1n) is 2.90. The number of nitrogens with two attached hydrogens (primary N) is 1. The lowest BCUT2D eigenvalue weighted by Gasteiger charge is -2.05. The number of hydrogen-bond acceptors (Lipinski definition) is 3. The quantitative estimate of drug-likeness (QED) is 0.386. The van der Waals surface area contributed by atoms with Crippen LogP contribution in [-0.2, 0) is 4.79 Å². The highest BCUT2D eigenvalue weighted by atomic mass is 16.3. The second-order valence-electron chi connectivity index (χ2n) is 2.21. The monoisotopic (exact) mass is 130 g/mol. The molecule has 0 aromatic rings. The van der Waals surface area contributed by atoms with E-state index in [1.54, 1.807) is 0 Å². The molecule has 0 unspecified atom stereocenters. The van der Waals surface area contributed by atoms with E-state index in [0.717, 1.165) is 0 Å². The van der Waals surface area contributed by atoms with Gasteiger partial charge in [0.15, 0.2) is 0 Å². The van der Waals surface area contributed by atoms with Crippen LogP contribution in [-0.4, -0.2) is 30.2 Å². The molecular formula is C5H10N2O2. The number of carbonyl (C=O) groups is 1. The molecule has 1 heterocycles. The van der Waals surface area contributed by atoms with Crippen molar-refractivity contribution in [3.63, 3.8) is 0 Å². The summed E-state index contributed by atoms with van der Waals surface area (Å²) in [5.41, 5.74) is 5.36. The highest BCUT2D eigenvalue weighted by Gasteiger charge is 2.30. The molecule has 4 heteroatoms. The Hall–Kier alpha value is -0.610. The SMILES string of the molecule is N[C@@H]1C(=O)NC[C@H]1CO. The zero-order valence-corrected chi connectivity index (χ0v) is 5.00. The Morgan fingerprint density at radius 1 is 1.89 bits per heavy atom. The molecule has 1 saturated heterocycles. The minimum atomic E-state index is -0.505. The molecule has 0 bridgehead atoms. The molecule has 1 amide bonds. The molecule has 0 aliphatic carbocycles. The van der Waals surface area contributed by atoms with Gasteiger partial charge in [0.2, 0.25) is 5.91 Å². The third-order valence-electron chi connectivity index (χ3n) is 1.58. The fraction of sp³-hybridized carbons (Fsp3) is 0.800. The zero-order valence-electron chi connectivity index (χ0n) is 5.00. The normalized spacial score (nSPS) is 34.7. The molecule has 4 nitrogen and oxygen atoms in total. The van der Waals surface area contributed by atoms with Crippen LogP contribution in [0.4, 0.5) is 0 Å². The van der Waals surface area contributed by atoms with Crippen LogP contribution in [0, 0.1) is 5.92 Å². The Bertz CT molecular complexity index is 126. The predicted octanol–water partition coefficient (Wildman–Crippen LogP) is -1.95. The third kappa shape index (κ3) is 1.04. The number of carbonyl (C=O) groups excluding carboxylic acids is 1. The summed E-state index contributed by atoms with van der Waals surface area (Å²) in [6.07, 6.45) is 0. The lowest BCUT2D eigenvalue weighted by Crippen LogP contribution is -2.35. The average Bonchev–Trinajstić information content (AvgIpc) is 2.15. The second kappa shape index (κ2) is 2.33. The van der Waals surface area contributed by atoms with E-state index in [2.05, 4.69) is 5.32 Å². The molecule has 52 valence electrons. The lowest BCUT2D eigenvalue weighted by atomic mass is 10.1. The van der Waals surface area contributed by atoms with E-state index in [0.29, 0.717) is 6.54 Å². The van der Waals surface area contributed by atoms with Gasteiger partial charge in [-0.25, -0.2) is 0 Å². The maximum Gasteiger partial charge on any atom is 0.237 e. The van der Waals surface area contributed by atoms with Crippen molar-refractivity contribution in [2.75, 3.05) is 13.2 Å². The van der Waals surface area contributed by atoms with Crippen LogP contribution in [0.15, 0.2) is 0 Å². The Morgan fingerprint density at radius 2 is 2.56 bits per heavy atom. The summed E-state index contributed by atoms with van der Waals surface area (Å²) in [5, 5.41) is 11.1. The lowest BCUT2D eigenvalue weighted by molar-refractivity contribution is -0.120. The first kappa shape index (κ1) is 6.51. The molecule has 1 fully saturated rings. The molecule has 1 aliphatic heterocycles. The van der Waals surface area contributed by atoms with E-state index in [1.807, 2.05) is 0 Å². The Morgan fingerprint density at radius 3 is 2.78 bits per heavy atom. The summed E-state index contributed by atoms with van der Waals surface area (Å²) < 4.78 is 0. The van der Waals surface area contributed by atoms with Gasteiger partial charge >= 0.3 is 0 Å². The van der Waals surface area contributed by atoms with Crippen molar-refractivity contribution in [2.45, 2.75) is 6.04 Å². The van der Waals surface area contributed by atoms with Crippen LogP contribution < -0.4 is 11.1 Å². The maximum atomic E-state index is 10.6. The minimum Gasteiger partial charge on any atom is -0.396 e. The van der Waals surface area contributed by atoms with Crippen molar-refractivity contribution in [3.05, 3.63) is 0 Å². The van der Waals surface area contributed by atoms with E-state index < -0.39 is 6.04 Å². The van der Waals surface area contributed by atoms with Gasteiger partial charge in [0.25, 0.3) is 0 Å². The van der Waals surface area contributed by atoms with E-state index >= 15 is 0 Å².